The summed E-state index contributed by atoms with van der Waals surface area (Å²) in [6.45, 7) is 1.54. The molecule has 3 heterocycles. The van der Waals surface area contributed by atoms with Gasteiger partial charge in [0.1, 0.15) is 20.3 Å². The van der Waals surface area contributed by atoms with E-state index in [1.807, 2.05) is 36.1 Å². The molecule has 0 atom stereocenters. The molecule has 9 nitrogen and oxygen atoms in total. The summed E-state index contributed by atoms with van der Waals surface area (Å²) in [7, 11) is 3.48. The third kappa shape index (κ3) is 6.19. The van der Waals surface area contributed by atoms with Crippen LogP contribution in [0.5, 0.6) is 17.6 Å². The fraction of sp³-hybridized carbons (Fsp3) is 0.400. The molecule has 0 bridgehead atoms. The van der Waals surface area contributed by atoms with Crippen molar-refractivity contribution in [2.75, 3.05) is 33.5 Å². The predicted molar refractivity (Wildman–Crippen MR) is 94.8 cm³/mol. The lowest BCUT2D eigenvalue weighted by atomic mass is 10.2. The molecule has 0 aliphatic heterocycles. The zero-order chi connectivity index (χ0) is 18.2. The highest BCUT2D eigenvalue weighted by molar-refractivity contribution is 6.99. The molecule has 0 aromatic carbocycles. The Balaban J connectivity index is 0.00000261. The van der Waals surface area contributed by atoms with Gasteiger partial charge >= 0.3 is 0 Å². The molecule has 0 saturated heterocycles. The average molecular weight is 523 g/mol. The standard InChI is InChI=1S/C15H18N5O4S2.HI/c1-20-5-3-4-11(10-20)12-13(17-25-16-12)23-8-6-22-7-9-24-15-14(21-2)18-26-19-15;/h3-5,10H,6-9H2,1-2H3;1H/q+1;/p-1. The first kappa shape index (κ1) is 21.7. The summed E-state index contributed by atoms with van der Waals surface area (Å²) in [6, 6.07) is 3.92. The second kappa shape index (κ2) is 11.3. The van der Waals surface area contributed by atoms with Gasteiger partial charge in [0.15, 0.2) is 18.1 Å². The number of halogens is 1. The maximum atomic E-state index is 5.68. The minimum absolute atomic E-state index is 0. The minimum Gasteiger partial charge on any atom is -1.00 e. The van der Waals surface area contributed by atoms with Crippen LogP contribution in [0.1, 0.15) is 0 Å². The molecule has 0 saturated carbocycles. The summed E-state index contributed by atoms with van der Waals surface area (Å²) in [5.74, 6) is 1.28. The Morgan fingerprint density at radius 2 is 1.59 bits per heavy atom. The zero-order valence-electron chi connectivity index (χ0n) is 14.7. The molecule has 0 N–H and O–H groups in total. The van der Waals surface area contributed by atoms with Gasteiger partial charge in [0.2, 0.25) is 0 Å². The van der Waals surface area contributed by atoms with Crippen molar-refractivity contribution in [3.8, 4) is 28.9 Å². The van der Waals surface area contributed by atoms with Crippen molar-refractivity contribution in [3.63, 3.8) is 0 Å². The molecule has 3 rings (SSSR count). The highest BCUT2D eigenvalue weighted by Crippen LogP contribution is 2.26. The van der Waals surface area contributed by atoms with Crippen LogP contribution in [0.3, 0.4) is 0 Å². The van der Waals surface area contributed by atoms with Gasteiger partial charge in [-0.1, -0.05) is 0 Å². The van der Waals surface area contributed by atoms with E-state index in [2.05, 4.69) is 17.5 Å². The molecular weight excluding hydrogens is 505 g/mol. The Hall–Kier alpha value is -1.64. The first-order chi connectivity index (χ1) is 12.8. The first-order valence-corrected chi connectivity index (χ1v) is 9.22. The fourth-order valence-electron chi connectivity index (χ4n) is 2.06. The van der Waals surface area contributed by atoms with Crippen molar-refractivity contribution in [1.29, 1.82) is 0 Å². The van der Waals surface area contributed by atoms with Gasteiger partial charge < -0.3 is 42.9 Å². The summed E-state index contributed by atoms with van der Waals surface area (Å²) in [5, 5.41) is 0. The SMILES string of the molecule is COc1nsnc1OCCOCCOc1nsnc1-c1ccc[n+](C)c1.[I-]. The molecule has 146 valence electrons. The van der Waals surface area contributed by atoms with Crippen LogP contribution in [0, 0.1) is 0 Å². The van der Waals surface area contributed by atoms with E-state index in [1.54, 1.807) is 0 Å². The second-order valence-corrected chi connectivity index (χ2v) is 6.12. The number of nitrogens with zero attached hydrogens (tertiary/aromatic N) is 5. The topological polar surface area (TPSA) is 92.4 Å². The quantitative estimate of drug-likeness (QED) is 0.178. The maximum Gasteiger partial charge on any atom is 0.291 e. The molecule has 3 aromatic heterocycles. The third-order valence-electron chi connectivity index (χ3n) is 3.23. The molecule has 0 aliphatic carbocycles. The van der Waals surface area contributed by atoms with Crippen LogP contribution in [-0.4, -0.2) is 51.0 Å². The smallest absolute Gasteiger partial charge is 0.291 e. The Morgan fingerprint density at radius 3 is 2.33 bits per heavy atom. The Bertz CT molecular complexity index is 832. The van der Waals surface area contributed by atoms with Gasteiger partial charge in [-0.25, -0.2) is 4.57 Å². The zero-order valence-corrected chi connectivity index (χ0v) is 18.5. The lowest BCUT2D eigenvalue weighted by Gasteiger charge is -2.07. The lowest BCUT2D eigenvalue weighted by Crippen LogP contribution is -3.00. The van der Waals surface area contributed by atoms with Crippen LogP contribution >= 0.6 is 23.5 Å². The van der Waals surface area contributed by atoms with Crippen molar-refractivity contribution >= 4 is 23.5 Å². The third-order valence-corrected chi connectivity index (χ3v) is 4.23. The largest absolute Gasteiger partial charge is 1.00 e. The van der Waals surface area contributed by atoms with E-state index in [0.717, 1.165) is 34.7 Å². The molecular formula is C15H18IN5O4S2. The molecule has 0 amide bonds. The minimum atomic E-state index is 0. The van der Waals surface area contributed by atoms with Crippen molar-refractivity contribution in [2.24, 2.45) is 7.05 Å². The van der Waals surface area contributed by atoms with Gasteiger partial charge in [-0.2, -0.15) is 4.37 Å². The van der Waals surface area contributed by atoms with E-state index in [-0.39, 0.29) is 24.0 Å². The summed E-state index contributed by atoms with van der Waals surface area (Å²) in [4.78, 5) is 0. The number of ether oxygens (including phenoxy) is 4. The highest BCUT2D eigenvalue weighted by Gasteiger charge is 2.14. The van der Waals surface area contributed by atoms with Gasteiger partial charge in [0, 0.05) is 6.07 Å². The summed E-state index contributed by atoms with van der Waals surface area (Å²) in [5.41, 5.74) is 1.69. The van der Waals surface area contributed by atoms with E-state index in [1.165, 1.54) is 7.11 Å². The number of aryl methyl sites for hydroxylation is 1. The van der Waals surface area contributed by atoms with Crippen LogP contribution in [-0.2, 0) is 11.8 Å². The van der Waals surface area contributed by atoms with E-state index >= 15 is 0 Å². The molecule has 0 fully saturated rings. The number of aromatic nitrogens is 5. The van der Waals surface area contributed by atoms with Crippen LogP contribution < -0.4 is 42.8 Å². The summed E-state index contributed by atoms with van der Waals surface area (Å²) >= 11 is 2.16. The Kier molecular flexibility index (Phi) is 9.03. The highest BCUT2D eigenvalue weighted by atomic mass is 127. The number of hydrogen-bond donors (Lipinski definition) is 0. The Morgan fingerprint density at radius 1 is 0.926 bits per heavy atom. The van der Waals surface area contributed by atoms with Gasteiger partial charge in [0.05, 0.1) is 49.3 Å². The van der Waals surface area contributed by atoms with Gasteiger partial charge in [-0.05, 0) is 6.07 Å². The van der Waals surface area contributed by atoms with Crippen LogP contribution in [0.2, 0.25) is 0 Å². The predicted octanol–water partition coefficient (Wildman–Crippen LogP) is -1.63. The number of pyridine rings is 1. The lowest BCUT2D eigenvalue weighted by molar-refractivity contribution is -0.671. The average Bonchev–Trinajstić information content (AvgIpc) is 3.29. The fourth-order valence-corrected chi connectivity index (χ4v) is 3.05. The monoisotopic (exact) mass is 523 g/mol. The van der Waals surface area contributed by atoms with E-state index in [0.29, 0.717) is 44.1 Å². The molecule has 3 aromatic rings. The van der Waals surface area contributed by atoms with E-state index < -0.39 is 0 Å². The number of hydrogen-bond acceptors (Lipinski definition) is 10. The Labute approximate surface area is 181 Å². The van der Waals surface area contributed by atoms with E-state index in [9.17, 15) is 0 Å². The van der Waals surface area contributed by atoms with Crippen LogP contribution in [0.4, 0.5) is 0 Å². The second-order valence-electron chi connectivity index (χ2n) is 5.06. The number of methoxy groups -OCH3 is 1. The molecule has 27 heavy (non-hydrogen) atoms. The van der Waals surface area contributed by atoms with Crippen molar-refractivity contribution < 1.29 is 47.5 Å². The summed E-state index contributed by atoms with van der Waals surface area (Å²) in [6.07, 6.45) is 3.93. The molecule has 12 heteroatoms. The molecule has 0 radical (unpaired) electrons. The molecule has 0 unspecified atom stereocenters. The van der Waals surface area contributed by atoms with Crippen molar-refractivity contribution in [1.82, 2.24) is 17.5 Å². The molecule has 0 spiro atoms. The maximum absolute atomic E-state index is 5.68. The first-order valence-electron chi connectivity index (χ1n) is 7.76. The summed E-state index contributed by atoms with van der Waals surface area (Å²) < 4.78 is 40.0. The normalized spacial score (nSPS) is 10.3. The van der Waals surface area contributed by atoms with Gasteiger partial charge in [0.25, 0.3) is 17.6 Å². The van der Waals surface area contributed by atoms with E-state index in [4.69, 9.17) is 18.9 Å². The van der Waals surface area contributed by atoms with Crippen LogP contribution in [0.25, 0.3) is 11.3 Å². The van der Waals surface area contributed by atoms with Crippen molar-refractivity contribution in [3.05, 3.63) is 24.5 Å². The van der Waals surface area contributed by atoms with Gasteiger partial charge in [-0.15, -0.1) is 13.1 Å². The number of rotatable bonds is 10. The van der Waals surface area contributed by atoms with Crippen molar-refractivity contribution in [2.45, 2.75) is 0 Å². The van der Waals surface area contributed by atoms with Gasteiger partial charge in [-0.3, -0.25) is 0 Å². The van der Waals surface area contributed by atoms with Crippen LogP contribution in [0.15, 0.2) is 24.5 Å². The molecule has 0 aliphatic rings.